The molecule has 0 saturated heterocycles. The maximum Gasteiger partial charge on any atom is 0.121 e. The lowest BCUT2D eigenvalue weighted by Crippen LogP contribution is -2.03. The summed E-state index contributed by atoms with van der Waals surface area (Å²) in [5.74, 6) is 0.201. The molecular formula is C9H10O2. The van der Waals surface area contributed by atoms with Gasteiger partial charge in [-0.3, -0.25) is 0 Å². The Morgan fingerprint density at radius 1 is 1.18 bits per heavy atom. The fourth-order valence-corrected chi connectivity index (χ4v) is 1.25. The number of phenols is 1. The Morgan fingerprint density at radius 2 is 1.82 bits per heavy atom. The van der Waals surface area contributed by atoms with Gasteiger partial charge in [-0.1, -0.05) is 18.2 Å². The number of benzene rings is 1. The van der Waals surface area contributed by atoms with Gasteiger partial charge in [0.2, 0.25) is 0 Å². The first-order valence-electron chi connectivity index (χ1n) is 3.73. The first-order valence-corrected chi connectivity index (χ1v) is 3.73. The second kappa shape index (κ2) is 1.98. The highest BCUT2D eigenvalue weighted by molar-refractivity contribution is 5.39. The average molecular weight is 150 g/mol. The van der Waals surface area contributed by atoms with Crippen LogP contribution in [0.2, 0.25) is 0 Å². The van der Waals surface area contributed by atoms with Gasteiger partial charge in [0.05, 0.1) is 5.60 Å². The topological polar surface area (TPSA) is 40.5 Å². The van der Waals surface area contributed by atoms with E-state index in [-0.39, 0.29) is 5.75 Å². The van der Waals surface area contributed by atoms with Gasteiger partial charge >= 0.3 is 0 Å². The van der Waals surface area contributed by atoms with E-state index in [0.29, 0.717) is 5.56 Å². The lowest BCUT2D eigenvalue weighted by atomic mass is 10.1. The van der Waals surface area contributed by atoms with Crippen LogP contribution in [0.5, 0.6) is 5.75 Å². The molecule has 0 bridgehead atoms. The van der Waals surface area contributed by atoms with Crippen molar-refractivity contribution in [2.45, 2.75) is 18.4 Å². The molecule has 1 aliphatic carbocycles. The summed E-state index contributed by atoms with van der Waals surface area (Å²) in [6.45, 7) is 0. The highest BCUT2D eigenvalue weighted by atomic mass is 16.3. The van der Waals surface area contributed by atoms with Crippen LogP contribution >= 0.6 is 0 Å². The molecule has 2 nitrogen and oxygen atoms in total. The van der Waals surface area contributed by atoms with E-state index in [2.05, 4.69) is 0 Å². The van der Waals surface area contributed by atoms with Crippen molar-refractivity contribution in [3.8, 4) is 5.75 Å². The molecule has 2 heteroatoms. The van der Waals surface area contributed by atoms with Gasteiger partial charge in [-0.2, -0.15) is 0 Å². The minimum absolute atomic E-state index is 0.201. The number of rotatable bonds is 1. The molecule has 1 fully saturated rings. The second-order valence-corrected chi connectivity index (χ2v) is 3.05. The molecule has 1 aromatic carbocycles. The number of aliphatic hydroxyl groups is 1. The van der Waals surface area contributed by atoms with Crippen molar-refractivity contribution >= 4 is 0 Å². The van der Waals surface area contributed by atoms with Crippen molar-refractivity contribution in [3.63, 3.8) is 0 Å². The molecule has 0 spiro atoms. The van der Waals surface area contributed by atoms with E-state index in [4.69, 9.17) is 0 Å². The van der Waals surface area contributed by atoms with E-state index in [9.17, 15) is 10.2 Å². The standard InChI is InChI=1S/C9H10O2/c10-8-4-2-1-3-7(8)9(11)5-6-9/h1-4,10-11H,5-6H2. The van der Waals surface area contributed by atoms with Crippen molar-refractivity contribution in [3.05, 3.63) is 29.8 Å². The summed E-state index contributed by atoms with van der Waals surface area (Å²) in [6.07, 6.45) is 1.54. The Bertz CT molecular complexity index is 277. The van der Waals surface area contributed by atoms with Crippen LogP contribution in [0.15, 0.2) is 24.3 Å². The summed E-state index contributed by atoms with van der Waals surface area (Å²) in [5.41, 5.74) is -0.0503. The van der Waals surface area contributed by atoms with E-state index in [1.54, 1.807) is 18.2 Å². The first-order chi connectivity index (χ1) is 5.22. The molecule has 0 aromatic heterocycles. The third kappa shape index (κ3) is 0.994. The van der Waals surface area contributed by atoms with Gasteiger partial charge in [0.1, 0.15) is 5.75 Å². The van der Waals surface area contributed by atoms with Gasteiger partial charge in [0.25, 0.3) is 0 Å². The van der Waals surface area contributed by atoms with Gasteiger partial charge in [0.15, 0.2) is 0 Å². The summed E-state index contributed by atoms with van der Waals surface area (Å²) < 4.78 is 0. The Balaban J connectivity index is 2.45. The molecule has 2 N–H and O–H groups in total. The molecule has 0 aliphatic heterocycles. The first kappa shape index (κ1) is 6.68. The van der Waals surface area contributed by atoms with Crippen LogP contribution in [-0.4, -0.2) is 10.2 Å². The summed E-state index contributed by atoms with van der Waals surface area (Å²) in [4.78, 5) is 0. The highest BCUT2D eigenvalue weighted by Crippen LogP contribution is 2.48. The van der Waals surface area contributed by atoms with E-state index in [0.717, 1.165) is 12.8 Å². The molecule has 2 rings (SSSR count). The monoisotopic (exact) mass is 150 g/mol. The molecule has 1 aliphatic rings. The fourth-order valence-electron chi connectivity index (χ4n) is 1.25. The van der Waals surface area contributed by atoms with Crippen LogP contribution in [0.1, 0.15) is 18.4 Å². The number of hydrogen-bond acceptors (Lipinski definition) is 2. The summed E-state index contributed by atoms with van der Waals surface area (Å²) in [6, 6.07) is 6.95. The molecule has 0 amide bonds. The van der Waals surface area contributed by atoms with Crippen molar-refractivity contribution < 1.29 is 10.2 Å². The Hall–Kier alpha value is -1.02. The Morgan fingerprint density at radius 3 is 2.36 bits per heavy atom. The molecule has 0 radical (unpaired) electrons. The van der Waals surface area contributed by atoms with Crippen LogP contribution in [0, 0.1) is 0 Å². The van der Waals surface area contributed by atoms with Crippen LogP contribution in [-0.2, 0) is 5.60 Å². The van der Waals surface area contributed by atoms with Gasteiger partial charge in [-0.25, -0.2) is 0 Å². The van der Waals surface area contributed by atoms with E-state index < -0.39 is 5.60 Å². The fraction of sp³-hybridized carbons (Fsp3) is 0.333. The van der Waals surface area contributed by atoms with Crippen LogP contribution in [0.25, 0.3) is 0 Å². The van der Waals surface area contributed by atoms with Gasteiger partial charge in [0, 0.05) is 5.56 Å². The normalized spacial score (nSPS) is 19.7. The number of aromatic hydroxyl groups is 1. The van der Waals surface area contributed by atoms with Crippen LogP contribution in [0.4, 0.5) is 0 Å². The zero-order valence-electron chi connectivity index (χ0n) is 6.12. The largest absolute Gasteiger partial charge is 0.508 e. The molecule has 1 aromatic rings. The number of hydrogen-bond donors (Lipinski definition) is 2. The number of para-hydroxylation sites is 1. The Labute approximate surface area is 65.1 Å². The van der Waals surface area contributed by atoms with Crippen LogP contribution in [0.3, 0.4) is 0 Å². The molecule has 58 valence electrons. The lowest BCUT2D eigenvalue weighted by molar-refractivity contribution is 0.148. The molecule has 0 atom stereocenters. The maximum atomic E-state index is 9.62. The average Bonchev–Trinajstić information content (AvgIpc) is 2.70. The van der Waals surface area contributed by atoms with E-state index >= 15 is 0 Å². The van der Waals surface area contributed by atoms with Crippen molar-refractivity contribution in [1.29, 1.82) is 0 Å². The number of phenolic OH excluding ortho intramolecular Hbond substituents is 1. The second-order valence-electron chi connectivity index (χ2n) is 3.05. The van der Waals surface area contributed by atoms with Crippen LogP contribution < -0.4 is 0 Å². The lowest BCUT2D eigenvalue weighted by Gasteiger charge is -2.08. The zero-order valence-corrected chi connectivity index (χ0v) is 6.12. The third-order valence-electron chi connectivity index (χ3n) is 2.13. The molecule has 0 heterocycles. The van der Waals surface area contributed by atoms with Gasteiger partial charge in [-0.15, -0.1) is 0 Å². The van der Waals surface area contributed by atoms with Crippen molar-refractivity contribution in [2.24, 2.45) is 0 Å². The molecular weight excluding hydrogens is 140 g/mol. The van der Waals surface area contributed by atoms with Crippen molar-refractivity contribution in [1.82, 2.24) is 0 Å². The Kier molecular flexibility index (Phi) is 1.20. The third-order valence-corrected chi connectivity index (χ3v) is 2.13. The van der Waals surface area contributed by atoms with E-state index in [1.807, 2.05) is 6.07 Å². The van der Waals surface area contributed by atoms with E-state index in [1.165, 1.54) is 0 Å². The summed E-state index contributed by atoms with van der Waals surface area (Å²) >= 11 is 0. The van der Waals surface area contributed by atoms with Gasteiger partial charge < -0.3 is 10.2 Å². The van der Waals surface area contributed by atoms with Gasteiger partial charge in [-0.05, 0) is 18.9 Å². The maximum absolute atomic E-state index is 9.62. The highest BCUT2D eigenvalue weighted by Gasteiger charge is 2.43. The molecule has 11 heavy (non-hydrogen) atoms. The summed E-state index contributed by atoms with van der Waals surface area (Å²) in [5, 5.41) is 18.9. The molecule has 1 saturated carbocycles. The zero-order chi connectivity index (χ0) is 7.90. The quantitative estimate of drug-likeness (QED) is 0.634. The summed E-state index contributed by atoms with van der Waals surface area (Å²) in [7, 11) is 0. The minimum atomic E-state index is -0.717. The van der Waals surface area contributed by atoms with Crippen molar-refractivity contribution in [2.75, 3.05) is 0 Å². The SMILES string of the molecule is Oc1ccccc1C1(O)CC1. The predicted molar refractivity (Wildman–Crippen MR) is 41.2 cm³/mol. The minimum Gasteiger partial charge on any atom is -0.508 e. The predicted octanol–water partition coefficient (Wildman–Crippen LogP) is 1.37. The molecule has 0 unspecified atom stereocenters. The smallest absolute Gasteiger partial charge is 0.121 e.